The molecule has 0 fully saturated rings. The summed E-state index contributed by atoms with van der Waals surface area (Å²) in [5.74, 6) is 0. The minimum atomic E-state index is -3.69. The van der Waals surface area contributed by atoms with Crippen molar-refractivity contribution in [1.82, 2.24) is 4.98 Å². The van der Waals surface area contributed by atoms with Gasteiger partial charge in [-0.05, 0) is 24.6 Å². The summed E-state index contributed by atoms with van der Waals surface area (Å²) < 4.78 is 26.7. The van der Waals surface area contributed by atoms with Gasteiger partial charge in [0, 0.05) is 11.6 Å². The smallest absolute Gasteiger partial charge is 0.264 e. The molecule has 3 N–H and O–H groups in total. The van der Waals surface area contributed by atoms with E-state index in [1.807, 2.05) is 0 Å². The number of aryl methyl sites for hydroxylation is 1. The van der Waals surface area contributed by atoms with Crippen LogP contribution < -0.4 is 10.5 Å². The van der Waals surface area contributed by atoms with Gasteiger partial charge < -0.3 is 5.73 Å². The summed E-state index contributed by atoms with van der Waals surface area (Å²) in [6.07, 6.45) is 1.52. The summed E-state index contributed by atoms with van der Waals surface area (Å²) in [4.78, 5) is 3.96. The summed E-state index contributed by atoms with van der Waals surface area (Å²) in [5.41, 5.74) is 6.37. The van der Waals surface area contributed by atoms with Gasteiger partial charge in [-0.2, -0.15) is 0 Å². The molecule has 0 saturated heterocycles. The zero-order valence-electron chi connectivity index (χ0n) is 9.34. The first-order valence-electron chi connectivity index (χ1n) is 4.88. The number of anilines is 2. The first-order valence-corrected chi connectivity index (χ1v) is 7.62. The summed E-state index contributed by atoms with van der Waals surface area (Å²) in [5, 5.41) is 2.32. The third-order valence-corrected chi connectivity index (χ3v) is 4.86. The highest BCUT2D eigenvalue weighted by Crippen LogP contribution is 2.27. The number of hydrogen-bond acceptors (Lipinski definition) is 5. The van der Waals surface area contributed by atoms with Crippen molar-refractivity contribution in [3.63, 3.8) is 0 Å². The predicted molar refractivity (Wildman–Crippen MR) is 73.5 cm³/mol. The van der Waals surface area contributed by atoms with Crippen molar-refractivity contribution in [2.45, 2.75) is 11.8 Å². The maximum Gasteiger partial charge on any atom is 0.264 e. The molecule has 0 aliphatic carbocycles. The van der Waals surface area contributed by atoms with Crippen molar-refractivity contribution < 1.29 is 8.42 Å². The molecule has 1 aromatic carbocycles. The van der Waals surface area contributed by atoms with Gasteiger partial charge >= 0.3 is 0 Å². The number of hydrogen-bond donors (Lipinski definition) is 2. The van der Waals surface area contributed by atoms with Crippen LogP contribution in [0.2, 0.25) is 5.02 Å². The highest BCUT2D eigenvalue weighted by Gasteiger charge is 2.19. The van der Waals surface area contributed by atoms with Gasteiger partial charge in [-0.15, -0.1) is 11.3 Å². The molecule has 2 aromatic rings. The van der Waals surface area contributed by atoms with Gasteiger partial charge in [0.2, 0.25) is 0 Å². The maximum absolute atomic E-state index is 12.1. The fourth-order valence-electron chi connectivity index (χ4n) is 1.40. The van der Waals surface area contributed by atoms with Crippen LogP contribution >= 0.6 is 22.9 Å². The minimum absolute atomic E-state index is 0.0969. The van der Waals surface area contributed by atoms with Crippen LogP contribution in [0.4, 0.5) is 10.8 Å². The molecule has 0 spiro atoms. The first-order chi connectivity index (χ1) is 8.40. The predicted octanol–water partition coefficient (Wildman–Crippen LogP) is 2.49. The Labute approximate surface area is 114 Å². The quantitative estimate of drug-likeness (QED) is 0.853. The lowest BCUT2D eigenvalue weighted by atomic mass is 10.2. The van der Waals surface area contributed by atoms with Crippen LogP contribution in [0.3, 0.4) is 0 Å². The molecule has 0 saturated carbocycles. The van der Waals surface area contributed by atoms with Crippen molar-refractivity contribution in [3.05, 3.63) is 34.3 Å². The molecule has 18 heavy (non-hydrogen) atoms. The van der Waals surface area contributed by atoms with Gasteiger partial charge in [-0.25, -0.2) is 13.4 Å². The van der Waals surface area contributed by atoms with Gasteiger partial charge in [0.15, 0.2) is 5.13 Å². The first kappa shape index (κ1) is 13.1. The van der Waals surface area contributed by atoms with Crippen LogP contribution in [0.5, 0.6) is 0 Å². The van der Waals surface area contributed by atoms with E-state index < -0.39 is 10.0 Å². The Balaban J connectivity index is 2.44. The molecule has 0 aliphatic heterocycles. The number of nitrogen functional groups attached to an aromatic ring is 1. The van der Waals surface area contributed by atoms with E-state index in [9.17, 15) is 8.42 Å². The lowest BCUT2D eigenvalue weighted by molar-refractivity contribution is 0.600. The Hall–Kier alpha value is -1.31. The number of benzene rings is 1. The van der Waals surface area contributed by atoms with E-state index in [-0.39, 0.29) is 10.6 Å². The molecule has 0 radical (unpaired) electrons. The van der Waals surface area contributed by atoms with E-state index >= 15 is 0 Å². The van der Waals surface area contributed by atoms with Crippen molar-refractivity contribution in [3.8, 4) is 0 Å². The highest BCUT2D eigenvalue weighted by atomic mass is 35.5. The van der Waals surface area contributed by atoms with Crippen molar-refractivity contribution in [2.24, 2.45) is 0 Å². The minimum Gasteiger partial charge on any atom is -0.397 e. The van der Waals surface area contributed by atoms with E-state index in [1.54, 1.807) is 12.3 Å². The Morgan fingerprint density at radius 3 is 2.78 bits per heavy atom. The summed E-state index contributed by atoms with van der Waals surface area (Å²) in [6.45, 7) is 1.65. The topological polar surface area (TPSA) is 85.1 Å². The molecular weight excluding hydrogens is 294 g/mol. The lowest BCUT2D eigenvalue weighted by Gasteiger charge is -2.10. The lowest BCUT2D eigenvalue weighted by Crippen LogP contribution is -2.14. The molecule has 96 valence electrons. The molecule has 0 aliphatic rings. The zero-order chi connectivity index (χ0) is 13.3. The largest absolute Gasteiger partial charge is 0.397 e. The molecule has 5 nitrogen and oxygen atoms in total. The monoisotopic (exact) mass is 303 g/mol. The van der Waals surface area contributed by atoms with E-state index in [2.05, 4.69) is 9.71 Å². The molecule has 8 heteroatoms. The summed E-state index contributed by atoms with van der Waals surface area (Å²) in [6, 6.07) is 2.86. The SMILES string of the molecule is Cc1cc(Cl)c(N)cc1S(=O)(=O)Nc1nccs1. The van der Waals surface area contributed by atoms with Gasteiger partial charge in [0.1, 0.15) is 0 Å². The van der Waals surface area contributed by atoms with Crippen molar-refractivity contribution in [2.75, 3.05) is 10.5 Å². The van der Waals surface area contributed by atoms with Crippen LogP contribution in [0.1, 0.15) is 5.56 Å². The molecule has 0 amide bonds. The average Bonchev–Trinajstić information content (AvgIpc) is 2.75. The average molecular weight is 304 g/mol. The molecule has 0 atom stereocenters. The van der Waals surface area contributed by atoms with Crippen LogP contribution in [0.25, 0.3) is 0 Å². The van der Waals surface area contributed by atoms with Gasteiger partial charge in [0.05, 0.1) is 15.6 Å². The van der Waals surface area contributed by atoms with E-state index in [0.717, 1.165) is 0 Å². The second kappa shape index (κ2) is 4.75. The standard InChI is InChI=1S/C10H10ClN3O2S2/c1-6-4-7(11)8(12)5-9(6)18(15,16)14-10-13-2-3-17-10/h2-5H,12H2,1H3,(H,13,14). The molecule has 0 unspecified atom stereocenters. The van der Waals surface area contributed by atoms with E-state index in [0.29, 0.717) is 15.7 Å². The number of aromatic nitrogens is 1. The fourth-order valence-corrected chi connectivity index (χ4v) is 3.67. The number of nitrogens with one attached hydrogen (secondary N) is 1. The number of rotatable bonds is 3. The molecule has 1 aromatic heterocycles. The van der Waals surface area contributed by atoms with Gasteiger partial charge in [-0.1, -0.05) is 11.6 Å². The maximum atomic E-state index is 12.1. The number of sulfonamides is 1. The van der Waals surface area contributed by atoms with Gasteiger partial charge in [0.25, 0.3) is 10.0 Å². The van der Waals surface area contributed by atoms with Crippen LogP contribution in [0.15, 0.2) is 28.6 Å². The molecule has 2 rings (SSSR count). The van der Waals surface area contributed by atoms with Crippen LogP contribution in [-0.4, -0.2) is 13.4 Å². The summed E-state index contributed by atoms with van der Waals surface area (Å²) in [7, 11) is -3.69. The Bertz CT molecular complexity index is 669. The molecule has 1 heterocycles. The molecule has 0 bridgehead atoms. The Kier molecular flexibility index (Phi) is 3.47. The fraction of sp³-hybridized carbons (Fsp3) is 0.100. The van der Waals surface area contributed by atoms with Gasteiger partial charge in [-0.3, -0.25) is 4.72 Å². The number of halogens is 1. The second-order valence-corrected chi connectivity index (χ2v) is 6.53. The zero-order valence-corrected chi connectivity index (χ0v) is 11.7. The Morgan fingerprint density at radius 2 is 2.17 bits per heavy atom. The highest BCUT2D eigenvalue weighted by molar-refractivity contribution is 7.93. The van der Waals surface area contributed by atoms with Crippen molar-refractivity contribution >= 4 is 43.8 Å². The summed E-state index contributed by atoms with van der Waals surface area (Å²) >= 11 is 7.03. The molecular formula is C10H10ClN3O2S2. The third-order valence-electron chi connectivity index (χ3n) is 2.24. The Morgan fingerprint density at radius 1 is 1.44 bits per heavy atom. The van der Waals surface area contributed by atoms with Crippen LogP contribution in [-0.2, 0) is 10.0 Å². The number of nitrogens with two attached hydrogens (primary N) is 1. The number of thiazole rings is 1. The van der Waals surface area contributed by atoms with Crippen LogP contribution in [0, 0.1) is 6.92 Å². The normalized spacial score (nSPS) is 11.4. The van der Waals surface area contributed by atoms with E-state index in [1.165, 1.54) is 29.7 Å². The third kappa shape index (κ3) is 2.58. The number of nitrogens with zero attached hydrogens (tertiary/aromatic N) is 1. The van der Waals surface area contributed by atoms with Crippen molar-refractivity contribution in [1.29, 1.82) is 0 Å². The second-order valence-electron chi connectivity index (χ2n) is 3.58. The van der Waals surface area contributed by atoms with E-state index in [4.69, 9.17) is 17.3 Å².